The van der Waals surface area contributed by atoms with Crippen LogP contribution in [0, 0.1) is 11.6 Å². The van der Waals surface area contributed by atoms with Gasteiger partial charge < -0.3 is 10.6 Å². The molecule has 0 bridgehead atoms. The van der Waals surface area contributed by atoms with Gasteiger partial charge in [-0.1, -0.05) is 29.8 Å². The molecule has 1 fully saturated rings. The number of imide groups is 1. The summed E-state index contributed by atoms with van der Waals surface area (Å²) in [5.74, 6) is -2.79. The highest BCUT2D eigenvalue weighted by Gasteiger charge is 2.49. The monoisotopic (exact) mass is 421 g/mol. The summed E-state index contributed by atoms with van der Waals surface area (Å²) in [5, 5.41) is 5.57. The number of rotatable bonds is 5. The maximum absolute atomic E-state index is 13.9. The Bertz CT molecular complexity index is 983. The van der Waals surface area contributed by atoms with Crippen molar-refractivity contribution in [3.8, 4) is 0 Å². The zero-order chi connectivity index (χ0) is 21.3. The van der Waals surface area contributed by atoms with E-state index >= 15 is 0 Å². The van der Waals surface area contributed by atoms with E-state index in [9.17, 15) is 23.2 Å². The first kappa shape index (κ1) is 20.7. The number of urea groups is 1. The maximum Gasteiger partial charge on any atom is 0.325 e. The Morgan fingerprint density at radius 1 is 1.21 bits per heavy atom. The van der Waals surface area contributed by atoms with Gasteiger partial charge in [-0.2, -0.15) is 0 Å². The Morgan fingerprint density at radius 2 is 1.86 bits per heavy atom. The second kappa shape index (κ2) is 7.79. The molecule has 0 aliphatic carbocycles. The first-order valence-electron chi connectivity index (χ1n) is 8.76. The number of hydrogen-bond acceptors (Lipinski definition) is 3. The molecule has 0 saturated carbocycles. The fourth-order valence-corrected chi connectivity index (χ4v) is 3.31. The zero-order valence-electron chi connectivity index (χ0n) is 15.6. The van der Waals surface area contributed by atoms with E-state index in [0.29, 0.717) is 16.7 Å². The fourth-order valence-electron chi connectivity index (χ4n) is 3.18. The molecule has 2 aromatic rings. The van der Waals surface area contributed by atoms with Crippen LogP contribution in [0.3, 0.4) is 0 Å². The number of halogens is 3. The summed E-state index contributed by atoms with van der Waals surface area (Å²) >= 11 is 5.86. The van der Waals surface area contributed by atoms with Crippen molar-refractivity contribution >= 4 is 29.4 Å². The minimum Gasteiger partial charge on any atom is -0.348 e. The molecule has 6 nitrogen and oxygen atoms in total. The maximum atomic E-state index is 13.9. The molecule has 0 spiro atoms. The van der Waals surface area contributed by atoms with E-state index < -0.39 is 47.6 Å². The van der Waals surface area contributed by atoms with E-state index in [1.807, 2.05) is 0 Å². The minimum atomic E-state index is -1.34. The minimum absolute atomic E-state index is 0.0861. The highest BCUT2D eigenvalue weighted by atomic mass is 35.5. The van der Waals surface area contributed by atoms with Crippen LogP contribution in [0.1, 0.15) is 31.0 Å². The molecule has 1 aliphatic rings. The number of carbonyl (C=O) groups excluding carboxylic acids is 3. The second-order valence-electron chi connectivity index (χ2n) is 6.91. The van der Waals surface area contributed by atoms with Gasteiger partial charge in [0.2, 0.25) is 5.91 Å². The molecule has 0 radical (unpaired) electrons. The quantitative estimate of drug-likeness (QED) is 0.727. The standard InChI is InChI=1S/C20H18ClF2N3O3/c1-11(15-8-7-14(22)9-16(15)23)24-17(27)10-26-18(28)20(2,25-19(26)29)12-3-5-13(21)6-4-12/h3-9,11H,10H2,1-2H3,(H,24,27)(H,25,29). The van der Waals surface area contributed by atoms with Crippen molar-refractivity contribution in [2.75, 3.05) is 6.54 Å². The molecular formula is C20H18ClF2N3O3. The van der Waals surface area contributed by atoms with Crippen molar-refractivity contribution in [3.05, 3.63) is 70.2 Å². The van der Waals surface area contributed by atoms with Gasteiger partial charge >= 0.3 is 6.03 Å². The summed E-state index contributed by atoms with van der Waals surface area (Å²) in [5.41, 5.74) is -0.732. The summed E-state index contributed by atoms with van der Waals surface area (Å²) in [4.78, 5) is 38.3. The van der Waals surface area contributed by atoms with Gasteiger partial charge in [0.15, 0.2) is 0 Å². The van der Waals surface area contributed by atoms with Crippen molar-refractivity contribution in [3.63, 3.8) is 0 Å². The molecule has 4 amide bonds. The third-order valence-corrected chi connectivity index (χ3v) is 5.06. The van der Waals surface area contributed by atoms with Gasteiger partial charge in [0.25, 0.3) is 5.91 Å². The Labute approximate surface area is 170 Å². The molecule has 9 heteroatoms. The predicted molar refractivity (Wildman–Crippen MR) is 102 cm³/mol. The Kier molecular flexibility index (Phi) is 5.57. The Balaban J connectivity index is 1.71. The molecule has 152 valence electrons. The number of nitrogens with one attached hydrogen (secondary N) is 2. The smallest absolute Gasteiger partial charge is 0.325 e. The number of benzene rings is 2. The van der Waals surface area contributed by atoms with Crippen molar-refractivity contribution in [2.24, 2.45) is 0 Å². The molecular weight excluding hydrogens is 404 g/mol. The van der Waals surface area contributed by atoms with Gasteiger partial charge in [-0.3, -0.25) is 14.5 Å². The molecule has 0 aromatic heterocycles. The van der Waals surface area contributed by atoms with E-state index in [-0.39, 0.29) is 5.56 Å². The topological polar surface area (TPSA) is 78.5 Å². The third-order valence-electron chi connectivity index (χ3n) is 4.80. The molecule has 2 unspecified atom stereocenters. The molecule has 1 saturated heterocycles. The highest BCUT2D eigenvalue weighted by molar-refractivity contribution is 6.30. The van der Waals surface area contributed by atoms with Crippen LogP contribution in [-0.2, 0) is 15.1 Å². The largest absolute Gasteiger partial charge is 0.348 e. The van der Waals surface area contributed by atoms with Gasteiger partial charge in [0, 0.05) is 16.7 Å². The van der Waals surface area contributed by atoms with E-state index in [1.165, 1.54) is 19.9 Å². The first-order chi connectivity index (χ1) is 13.6. The van der Waals surface area contributed by atoms with E-state index in [0.717, 1.165) is 11.0 Å². The lowest BCUT2D eigenvalue weighted by Crippen LogP contribution is -2.43. The third kappa shape index (κ3) is 4.07. The number of nitrogens with zero attached hydrogens (tertiary/aromatic N) is 1. The molecule has 1 heterocycles. The molecule has 2 aromatic carbocycles. The predicted octanol–water partition coefficient (Wildman–Crippen LogP) is 3.26. The Morgan fingerprint density at radius 3 is 2.48 bits per heavy atom. The summed E-state index contributed by atoms with van der Waals surface area (Å²) in [6.45, 7) is 2.50. The van der Waals surface area contributed by atoms with Gasteiger partial charge in [0.05, 0.1) is 6.04 Å². The average molecular weight is 422 g/mol. The average Bonchev–Trinajstić information content (AvgIpc) is 2.86. The van der Waals surface area contributed by atoms with Gasteiger partial charge in [-0.25, -0.2) is 13.6 Å². The van der Waals surface area contributed by atoms with Crippen molar-refractivity contribution < 1.29 is 23.2 Å². The number of hydrogen-bond donors (Lipinski definition) is 2. The van der Waals surface area contributed by atoms with E-state index in [2.05, 4.69) is 10.6 Å². The SMILES string of the molecule is CC(NC(=O)CN1C(=O)NC(C)(c2ccc(Cl)cc2)C1=O)c1ccc(F)cc1F. The van der Waals surface area contributed by atoms with Crippen molar-refractivity contribution in [2.45, 2.75) is 25.4 Å². The van der Waals surface area contributed by atoms with Crippen molar-refractivity contribution in [1.82, 2.24) is 15.5 Å². The fraction of sp³-hybridized carbons (Fsp3) is 0.250. The first-order valence-corrected chi connectivity index (χ1v) is 9.14. The molecule has 2 N–H and O–H groups in total. The lowest BCUT2D eigenvalue weighted by molar-refractivity contribution is -0.135. The van der Waals surface area contributed by atoms with E-state index in [4.69, 9.17) is 11.6 Å². The van der Waals surface area contributed by atoms with Crippen LogP contribution in [0.5, 0.6) is 0 Å². The van der Waals surface area contributed by atoms with Crippen LogP contribution in [0.4, 0.5) is 13.6 Å². The molecule has 29 heavy (non-hydrogen) atoms. The lowest BCUT2D eigenvalue weighted by Gasteiger charge is -2.22. The summed E-state index contributed by atoms with van der Waals surface area (Å²) in [6, 6.07) is 7.93. The molecule has 3 rings (SSSR count). The highest BCUT2D eigenvalue weighted by Crippen LogP contribution is 2.29. The Hall–Kier alpha value is -3.00. The molecule has 2 atom stereocenters. The second-order valence-corrected chi connectivity index (χ2v) is 7.34. The number of amides is 4. The van der Waals surface area contributed by atoms with Crippen molar-refractivity contribution in [1.29, 1.82) is 0 Å². The summed E-state index contributed by atoms with van der Waals surface area (Å²) in [7, 11) is 0. The zero-order valence-corrected chi connectivity index (χ0v) is 16.4. The summed E-state index contributed by atoms with van der Waals surface area (Å²) < 4.78 is 26.9. The van der Waals surface area contributed by atoms with Crippen LogP contribution in [0.2, 0.25) is 5.02 Å². The molecule has 1 aliphatic heterocycles. The van der Waals surface area contributed by atoms with Crippen LogP contribution < -0.4 is 10.6 Å². The van der Waals surface area contributed by atoms with E-state index in [1.54, 1.807) is 24.3 Å². The summed E-state index contributed by atoms with van der Waals surface area (Å²) in [6.07, 6.45) is 0. The van der Waals surface area contributed by atoms with Crippen LogP contribution in [-0.4, -0.2) is 29.3 Å². The normalized spacial score (nSPS) is 19.8. The van der Waals surface area contributed by atoms with Gasteiger partial charge in [-0.05, 0) is 37.6 Å². The van der Waals surface area contributed by atoms with Crippen LogP contribution >= 0.6 is 11.6 Å². The van der Waals surface area contributed by atoms with Gasteiger partial charge in [0.1, 0.15) is 23.7 Å². The number of carbonyl (C=O) groups is 3. The van der Waals surface area contributed by atoms with Gasteiger partial charge in [-0.15, -0.1) is 0 Å². The lowest BCUT2D eigenvalue weighted by atomic mass is 9.92. The van der Waals surface area contributed by atoms with Crippen LogP contribution in [0.25, 0.3) is 0 Å². The van der Waals surface area contributed by atoms with Crippen LogP contribution in [0.15, 0.2) is 42.5 Å².